The molecule has 5 aromatic rings. The van der Waals surface area contributed by atoms with E-state index in [1.165, 1.54) is 0 Å². The summed E-state index contributed by atoms with van der Waals surface area (Å²) in [5.74, 6) is -0.760. The van der Waals surface area contributed by atoms with Crippen molar-refractivity contribution in [3.8, 4) is 16.9 Å². The molecule has 4 atom stereocenters. The molecular formula is C36H33F4N3O2. The van der Waals surface area contributed by atoms with Crippen molar-refractivity contribution in [2.24, 2.45) is 18.9 Å². The fourth-order valence-electron chi connectivity index (χ4n) is 6.39. The molecule has 1 saturated carbocycles. The van der Waals surface area contributed by atoms with Gasteiger partial charge in [-0.1, -0.05) is 55.5 Å². The van der Waals surface area contributed by atoms with Crippen LogP contribution in [0.25, 0.3) is 22.2 Å². The number of halogens is 4. The highest BCUT2D eigenvalue weighted by atomic mass is 19.4. The minimum atomic E-state index is -4.68. The molecule has 1 aromatic heterocycles. The molecule has 1 aliphatic carbocycles. The van der Waals surface area contributed by atoms with E-state index in [2.05, 4.69) is 57.3 Å². The first kappa shape index (κ1) is 30.4. The van der Waals surface area contributed by atoms with Crippen LogP contribution >= 0.6 is 0 Å². The maximum atomic E-state index is 14.7. The Morgan fingerprint density at radius 2 is 1.64 bits per heavy atom. The number of rotatable bonds is 6. The predicted molar refractivity (Wildman–Crippen MR) is 166 cm³/mol. The number of nitrogens with one attached hydrogen (secondary N) is 1. The van der Waals surface area contributed by atoms with Crippen LogP contribution in [0.5, 0.6) is 5.75 Å². The van der Waals surface area contributed by atoms with Gasteiger partial charge in [-0.05, 0) is 90.8 Å². The zero-order valence-electron chi connectivity index (χ0n) is 25.1. The lowest BCUT2D eigenvalue weighted by molar-refractivity contribution is -0.137. The number of carbonyl (C=O) groups is 1. The number of hydrogen-bond acceptors (Lipinski definition) is 3. The molecule has 1 heterocycles. The zero-order valence-corrected chi connectivity index (χ0v) is 25.1. The molecule has 232 valence electrons. The summed E-state index contributed by atoms with van der Waals surface area (Å²) in [6.45, 7) is 3.96. The Labute approximate surface area is 258 Å². The molecule has 0 saturated heterocycles. The number of hydrogen-bond donors (Lipinski definition) is 1. The Hall–Kier alpha value is -4.66. The lowest BCUT2D eigenvalue weighted by Crippen LogP contribution is -2.41. The summed E-state index contributed by atoms with van der Waals surface area (Å²) in [5, 5.41) is 2.55. The lowest BCUT2D eigenvalue weighted by Gasteiger charge is -2.40. The van der Waals surface area contributed by atoms with E-state index < -0.39 is 29.4 Å². The van der Waals surface area contributed by atoms with E-state index in [-0.39, 0.29) is 23.6 Å². The van der Waals surface area contributed by atoms with Crippen LogP contribution in [0.15, 0.2) is 91.0 Å². The monoisotopic (exact) mass is 615 g/mol. The van der Waals surface area contributed by atoms with Gasteiger partial charge in [-0.25, -0.2) is 9.37 Å². The van der Waals surface area contributed by atoms with Gasteiger partial charge in [0.05, 0.1) is 22.3 Å². The Kier molecular flexibility index (Phi) is 8.12. The maximum absolute atomic E-state index is 14.7. The zero-order chi connectivity index (χ0) is 31.9. The van der Waals surface area contributed by atoms with Crippen LogP contribution in [0.2, 0.25) is 0 Å². The standard InChI is InChI=1S/C36H33F4N3O2/c1-21-29(24-11-9-23(10-12-24)25-13-16-34-33(17-25)41-22(2)43(34)3)19-28(45-27-7-5-4-6-8-27)20-30(21)35(44)42-32-15-14-26(18-31(32)37)36(38,39)40/h4-18,21,28-30H,19-20H2,1-3H3,(H,42,44)/t21-,28?,29?,30?/m1/s1. The van der Waals surface area contributed by atoms with Crippen molar-refractivity contribution in [3.63, 3.8) is 0 Å². The Morgan fingerprint density at radius 3 is 2.33 bits per heavy atom. The molecule has 4 aromatic carbocycles. The minimum absolute atomic E-state index is 0.0596. The fraction of sp³-hybridized carbons (Fsp3) is 0.278. The van der Waals surface area contributed by atoms with Crippen molar-refractivity contribution < 1.29 is 27.1 Å². The highest BCUT2D eigenvalue weighted by Gasteiger charge is 2.41. The van der Waals surface area contributed by atoms with Crippen LogP contribution in [0.1, 0.15) is 42.6 Å². The lowest BCUT2D eigenvalue weighted by atomic mass is 9.68. The molecular weight excluding hydrogens is 582 g/mol. The van der Waals surface area contributed by atoms with E-state index in [1.807, 2.05) is 51.2 Å². The Balaban J connectivity index is 1.26. The number of imidazole rings is 1. The molecule has 45 heavy (non-hydrogen) atoms. The van der Waals surface area contributed by atoms with Crippen molar-refractivity contribution in [3.05, 3.63) is 114 Å². The quantitative estimate of drug-likeness (QED) is 0.194. The molecule has 0 spiro atoms. The third kappa shape index (κ3) is 6.30. The van der Waals surface area contributed by atoms with Gasteiger partial charge < -0.3 is 14.6 Å². The van der Waals surface area contributed by atoms with Crippen LogP contribution in [0.4, 0.5) is 23.2 Å². The van der Waals surface area contributed by atoms with Gasteiger partial charge in [-0.3, -0.25) is 4.79 Å². The van der Waals surface area contributed by atoms with Crippen molar-refractivity contribution in [1.29, 1.82) is 0 Å². The summed E-state index contributed by atoms with van der Waals surface area (Å²) in [6.07, 6.45) is -3.96. The Bertz CT molecular complexity index is 1830. The summed E-state index contributed by atoms with van der Waals surface area (Å²) in [5.41, 5.74) is 3.72. The molecule has 5 nitrogen and oxygen atoms in total. The van der Waals surface area contributed by atoms with Crippen molar-refractivity contribution >= 4 is 22.6 Å². The fourth-order valence-corrected chi connectivity index (χ4v) is 6.39. The van der Waals surface area contributed by atoms with Crippen LogP contribution < -0.4 is 10.1 Å². The molecule has 3 unspecified atom stereocenters. The van der Waals surface area contributed by atoms with Crippen molar-refractivity contribution in [1.82, 2.24) is 9.55 Å². The summed E-state index contributed by atoms with van der Waals surface area (Å²) < 4.78 is 62.2. The van der Waals surface area contributed by atoms with Crippen LogP contribution in [-0.4, -0.2) is 21.6 Å². The second-order valence-electron chi connectivity index (χ2n) is 11.8. The number of benzene rings is 4. The molecule has 1 N–H and O–H groups in total. The molecule has 9 heteroatoms. The first-order valence-electron chi connectivity index (χ1n) is 14.9. The van der Waals surface area contributed by atoms with Crippen molar-refractivity contribution in [2.45, 2.75) is 44.9 Å². The number of amides is 1. The number of aromatic nitrogens is 2. The SMILES string of the molecule is Cc1nc2cc(-c3ccc(C4CC(Oc5ccccc5)CC(C(=O)Nc5ccc(C(F)(F)F)cc5F)[C@@H]4C)cc3)ccc2n1C. The average Bonchev–Trinajstić information content (AvgIpc) is 3.31. The molecule has 1 aliphatic rings. The van der Waals surface area contributed by atoms with Gasteiger partial charge in [0.15, 0.2) is 0 Å². The molecule has 6 rings (SSSR count). The topological polar surface area (TPSA) is 56.1 Å². The number of anilines is 1. The average molecular weight is 616 g/mol. The number of fused-ring (bicyclic) bond motifs is 1. The van der Waals surface area contributed by atoms with Gasteiger partial charge in [0, 0.05) is 13.0 Å². The first-order valence-corrected chi connectivity index (χ1v) is 14.9. The summed E-state index contributed by atoms with van der Waals surface area (Å²) in [4.78, 5) is 18.3. The molecule has 1 amide bonds. The number of aryl methyl sites for hydroxylation is 2. The summed E-state index contributed by atoms with van der Waals surface area (Å²) in [6, 6.07) is 26.0. The number of nitrogens with zero attached hydrogens (tertiary/aromatic N) is 2. The molecule has 0 aliphatic heterocycles. The predicted octanol–water partition coefficient (Wildman–Crippen LogP) is 8.92. The molecule has 0 radical (unpaired) electrons. The van der Waals surface area contributed by atoms with Crippen LogP contribution in [-0.2, 0) is 18.0 Å². The number of para-hydroxylation sites is 1. The first-order chi connectivity index (χ1) is 21.5. The van der Waals surface area contributed by atoms with Crippen LogP contribution in [0.3, 0.4) is 0 Å². The summed E-state index contributed by atoms with van der Waals surface area (Å²) >= 11 is 0. The van der Waals surface area contributed by atoms with Gasteiger partial charge in [-0.2, -0.15) is 13.2 Å². The van der Waals surface area contributed by atoms with Gasteiger partial charge >= 0.3 is 6.18 Å². The van der Waals surface area contributed by atoms with E-state index >= 15 is 0 Å². The van der Waals surface area contributed by atoms with Gasteiger partial charge in [0.1, 0.15) is 23.5 Å². The van der Waals surface area contributed by atoms with E-state index in [0.717, 1.165) is 45.7 Å². The van der Waals surface area contributed by atoms with E-state index in [4.69, 9.17) is 4.74 Å². The third-order valence-corrected chi connectivity index (χ3v) is 9.02. The highest BCUT2D eigenvalue weighted by Crippen LogP contribution is 2.44. The second-order valence-corrected chi connectivity index (χ2v) is 11.8. The highest BCUT2D eigenvalue weighted by molar-refractivity contribution is 5.93. The van der Waals surface area contributed by atoms with Crippen molar-refractivity contribution in [2.75, 3.05) is 5.32 Å². The van der Waals surface area contributed by atoms with Gasteiger partial charge in [0.25, 0.3) is 0 Å². The number of carbonyl (C=O) groups excluding carboxylic acids is 1. The van der Waals surface area contributed by atoms with Crippen LogP contribution in [0, 0.1) is 24.6 Å². The summed E-state index contributed by atoms with van der Waals surface area (Å²) in [7, 11) is 1.99. The largest absolute Gasteiger partial charge is 0.490 e. The maximum Gasteiger partial charge on any atom is 0.416 e. The number of ether oxygens (including phenoxy) is 1. The Morgan fingerprint density at radius 1 is 0.933 bits per heavy atom. The van der Waals surface area contributed by atoms with E-state index in [0.29, 0.717) is 24.7 Å². The van der Waals surface area contributed by atoms with E-state index in [9.17, 15) is 22.4 Å². The van der Waals surface area contributed by atoms with Gasteiger partial charge in [0.2, 0.25) is 5.91 Å². The van der Waals surface area contributed by atoms with E-state index in [1.54, 1.807) is 0 Å². The minimum Gasteiger partial charge on any atom is -0.490 e. The van der Waals surface area contributed by atoms with Gasteiger partial charge in [-0.15, -0.1) is 0 Å². The number of alkyl halides is 3. The third-order valence-electron chi connectivity index (χ3n) is 9.02. The normalized spacial score (nSPS) is 20.2. The molecule has 1 fully saturated rings. The molecule has 0 bridgehead atoms. The second kappa shape index (κ2) is 12.0. The smallest absolute Gasteiger partial charge is 0.416 e.